The third-order valence-corrected chi connectivity index (χ3v) is 5.50. The van der Waals surface area contributed by atoms with E-state index in [-0.39, 0.29) is 0 Å². The second-order valence-electron chi connectivity index (χ2n) is 6.11. The molecule has 0 saturated heterocycles. The van der Waals surface area contributed by atoms with E-state index in [1.807, 2.05) is 11.8 Å². The molecule has 2 atom stereocenters. The average Bonchev–Trinajstić information content (AvgIpc) is 3.35. The van der Waals surface area contributed by atoms with Crippen molar-refractivity contribution < 1.29 is 0 Å². The molecule has 0 spiro atoms. The second kappa shape index (κ2) is 6.06. The third-order valence-electron chi connectivity index (χ3n) is 4.31. The first-order chi connectivity index (χ1) is 9.74. The van der Waals surface area contributed by atoms with Gasteiger partial charge in [-0.25, -0.2) is 0 Å². The van der Waals surface area contributed by atoms with E-state index in [4.69, 9.17) is 0 Å². The molecule has 2 fully saturated rings. The lowest BCUT2D eigenvalue weighted by Gasteiger charge is -2.22. The van der Waals surface area contributed by atoms with Crippen molar-refractivity contribution in [2.45, 2.75) is 81.3 Å². The van der Waals surface area contributed by atoms with Crippen molar-refractivity contribution in [2.75, 3.05) is 6.54 Å². The van der Waals surface area contributed by atoms with Crippen LogP contribution in [0, 0.1) is 0 Å². The summed E-state index contributed by atoms with van der Waals surface area (Å²) in [6, 6.07) is 1.24. The molecule has 1 aromatic heterocycles. The summed E-state index contributed by atoms with van der Waals surface area (Å²) in [5, 5.41) is 14.3. The molecule has 2 aliphatic carbocycles. The van der Waals surface area contributed by atoms with Gasteiger partial charge in [-0.15, -0.1) is 10.2 Å². The Morgan fingerprint density at radius 2 is 2.00 bits per heavy atom. The van der Waals surface area contributed by atoms with Gasteiger partial charge in [0.05, 0.1) is 0 Å². The molecule has 0 aromatic carbocycles. The lowest BCUT2D eigenvalue weighted by atomic mass is 10.2. The second-order valence-corrected chi connectivity index (χ2v) is 7.46. The minimum Gasteiger partial charge on any atom is -0.313 e. The summed E-state index contributed by atoms with van der Waals surface area (Å²) < 4.78 is 2.46. The number of nitrogens with zero attached hydrogens (tertiary/aromatic N) is 3. The van der Waals surface area contributed by atoms with Crippen LogP contribution < -0.4 is 5.32 Å². The Morgan fingerprint density at radius 3 is 2.55 bits per heavy atom. The van der Waals surface area contributed by atoms with Gasteiger partial charge in [0.25, 0.3) is 0 Å². The molecule has 5 heteroatoms. The van der Waals surface area contributed by atoms with Gasteiger partial charge in [-0.3, -0.25) is 0 Å². The number of rotatable bonds is 8. The number of hydrogen-bond acceptors (Lipinski definition) is 4. The normalized spacial score (nSPS) is 21.9. The van der Waals surface area contributed by atoms with E-state index < -0.39 is 0 Å². The molecule has 0 aliphatic heterocycles. The maximum Gasteiger partial charge on any atom is 0.191 e. The van der Waals surface area contributed by atoms with Crippen molar-refractivity contribution in [3.8, 4) is 0 Å². The summed E-state index contributed by atoms with van der Waals surface area (Å²) in [5.41, 5.74) is 0. The van der Waals surface area contributed by atoms with Crippen LogP contribution in [0.1, 0.15) is 70.7 Å². The minimum absolute atomic E-state index is 0.536. The highest BCUT2D eigenvalue weighted by Crippen LogP contribution is 2.46. The first kappa shape index (κ1) is 14.4. The van der Waals surface area contributed by atoms with Gasteiger partial charge in [0.1, 0.15) is 5.82 Å². The molecule has 2 aliphatic rings. The van der Waals surface area contributed by atoms with Crippen LogP contribution in [-0.4, -0.2) is 32.6 Å². The van der Waals surface area contributed by atoms with E-state index in [9.17, 15) is 0 Å². The number of thioether (sulfide) groups is 1. The van der Waals surface area contributed by atoms with Crippen molar-refractivity contribution in [1.82, 2.24) is 20.1 Å². The van der Waals surface area contributed by atoms with Gasteiger partial charge in [-0.1, -0.05) is 32.5 Å². The third kappa shape index (κ3) is 3.03. The van der Waals surface area contributed by atoms with Crippen LogP contribution in [-0.2, 0) is 0 Å². The largest absolute Gasteiger partial charge is 0.313 e. The van der Waals surface area contributed by atoms with Crippen LogP contribution in [0.25, 0.3) is 0 Å². The van der Waals surface area contributed by atoms with E-state index in [1.54, 1.807) is 0 Å². The number of nitrogens with one attached hydrogen (secondary N) is 1. The van der Waals surface area contributed by atoms with Crippen molar-refractivity contribution in [3.63, 3.8) is 0 Å². The predicted octanol–water partition coefficient (Wildman–Crippen LogP) is 3.36. The van der Waals surface area contributed by atoms with E-state index >= 15 is 0 Å². The zero-order chi connectivity index (χ0) is 14.1. The Balaban J connectivity index is 1.73. The Hall–Kier alpha value is -0.550. The SMILES string of the molecule is CCNC(CC)C(C)Sc1nnc(C2CC2)n1C1CC1. The molecule has 1 N–H and O–H groups in total. The highest BCUT2D eigenvalue weighted by atomic mass is 32.2. The molecular weight excluding hydrogens is 268 g/mol. The predicted molar refractivity (Wildman–Crippen MR) is 83.3 cm³/mol. The maximum atomic E-state index is 4.50. The summed E-state index contributed by atoms with van der Waals surface area (Å²) in [5.74, 6) is 1.96. The van der Waals surface area contributed by atoms with Gasteiger partial charge in [0.2, 0.25) is 0 Å². The van der Waals surface area contributed by atoms with Crippen molar-refractivity contribution in [3.05, 3.63) is 5.82 Å². The van der Waals surface area contributed by atoms with Gasteiger partial charge < -0.3 is 9.88 Å². The zero-order valence-corrected chi connectivity index (χ0v) is 13.6. The Labute approximate surface area is 126 Å². The molecule has 0 amide bonds. The van der Waals surface area contributed by atoms with Gasteiger partial charge in [0, 0.05) is 23.3 Å². The fraction of sp³-hybridized carbons (Fsp3) is 0.867. The lowest BCUT2D eigenvalue weighted by molar-refractivity contribution is 0.507. The molecule has 0 bridgehead atoms. The van der Waals surface area contributed by atoms with Gasteiger partial charge in [-0.2, -0.15) is 0 Å². The highest BCUT2D eigenvalue weighted by Gasteiger charge is 2.36. The summed E-state index contributed by atoms with van der Waals surface area (Å²) in [6.45, 7) is 7.78. The number of hydrogen-bond donors (Lipinski definition) is 1. The molecular formula is C15H26N4S. The smallest absolute Gasteiger partial charge is 0.191 e. The van der Waals surface area contributed by atoms with Crippen molar-refractivity contribution in [1.29, 1.82) is 0 Å². The van der Waals surface area contributed by atoms with Crippen LogP contribution >= 0.6 is 11.8 Å². The zero-order valence-electron chi connectivity index (χ0n) is 12.8. The highest BCUT2D eigenvalue weighted by molar-refractivity contribution is 7.99. The van der Waals surface area contributed by atoms with Gasteiger partial charge in [-0.05, 0) is 38.6 Å². The van der Waals surface area contributed by atoms with Crippen LogP contribution in [0.2, 0.25) is 0 Å². The van der Waals surface area contributed by atoms with Crippen LogP contribution in [0.5, 0.6) is 0 Å². The first-order valence-electron chi connectivity index (χ1n) is 8.09. The summed E-state index contributed by atoms with van der Waals surface area (Å²) in [6.07, 6.45) is 6.39. The van der Waals surface area contributed by atoms with E-state index in [0.717, 1.165) is 18.1 Å². The van der Waals surface area contributed by atoms with E-state index in [1.165, 1.54) is 31.5 Å². The average molecular weight is 294 g/mol. The standard InChI is InChI=1S/C15H26N4S/c1-4-13(16-5-2)10(3)20-15-18-17-14(11-6-7-11)19(15)12-8-9-12/h10-13,16H,4-9H2,1-3H3. The number of aromatic nitrogens is 3. The summed E-state index contributed by atoms with van der Waals surface area (Å²) >= 11 is 1.90. The molecule has 112 valence electrons. The van der Waals surface area contributed by atoms with Crippen molar-refractivity contribution >= 4 is 11.8 Å². The van der Waals surface area contributed by atoms with Crippen LogP contribution in [0.4, 0.5) is 0 Å². The molecule has 3 rings (SSSR count). The molecule has 2 unspecified atom stereocenters. The minimum atomic E-state index is 0.536. The summed E-state index contributed by atoms with van der Waals surface area (Å²) in [4.78, 5) is 0. The molecule has 0 radical (unpaired) electrons. The topological polar surface area (TPSA) is 42.7 Å². The molecule has 2 saturated carbocycles. The Bertz CT molecular complexity index is 451. The monoisotopic (exact) mass is 294 g/mol. The molecule has 4 nitrogen and oxygen atoms in total. The lowest BCUT2D eigenvalue weighted by Crippen LogP contribution is -2.36. The fourth-order valence-corrected chi connectivity index (χ4v) is 4.05. The van der Waals surface area contributed by atoms with Crippen LogP contribution in [0.3, 0.4) is 0 Å². The fourth-order valence-electron chi connectivity index (χ4n) is 2.82. The van der Waals surface area contributed by atoms with Gasteiger partial charge in [0.15, 0.2) is 5.16 Å². The first-order valence-corrected chi connectivity index (χ1v) is 8.97. The van der Waals surface area contributed by atoms with Crippen LogP contribution in [0.15, 0.2) is 5.16 Å². The van der Waals surface area contributed by atoms with E-state index in [0.29, 0.717) is 23.3 Å². The molecule has 20 heavy (non-hydrogen) atoms. The van der Waals surface area contributed by atoms with E-state index in [2.05, 4.69) is 40.9 Å². The van der Waals surface area contributed by atoms with Crippen molar-refractivity contribution in [2.24, 2.45) is 0 Å². The quantitative estimate of drug-likeness (QED) is 0.747. The molecule has 1 heterocycles. The molecule has 1 aromatic rings. The summed E-state index contributed by atoms with van der Waals surface area (Å²) in [7, 11) is 0. The Morgan fingerprint density at radius 1 is 1.25 bits per heavy atom. The van der Waals surface area contributed by atoms with Gasteiger partial charge >= 0.3 is 0 Å². The maximum absolute atomic E-state index is 4.50. The Kier molecular flexibility index (Phi) is 4.36.